The predicted octanol–water partition coefficient (Wildman–Crippen LogP) is 0.207. The maximum absolute atomic E-state index is 12.1. The first-order valence-electron chi connectivity index (χ1n) is 7.85. The van der Waals surface area contributed by atoms with Crippen LogP contribution in [-0.2, 0) is 26.4 Å². The van der Waals surface area contributed by atoms with Gasteiger partial charge in [-0.15, -0.1) is 5.10 Å². The maximum Gasteiger partial charge on any atom is 0.242 e. The third-order valence-corrected chi connectivity index (χ3v) is 4.05. The van der Waals surface area contributed by atoms with Crippen LogP contribution < -0.4 is 5.32 Å². The van der Waals surface area contributed by atoms with Crippen LogP contribution >= 0.6 is 0 Å². The topological polar surface area (TPSA) is 98.5 Å². The minimum atomic E-state index is -1.01. The number of hydrogen-bond donors (Lipinski definition) is 2. The summed E-state index contributed by atoms with van der Waals surface area (Å²) in [6.07, 6.45) is 3.33. The number of methoxy groups -OCH3 is 1. The SMILES string of the molecule is COCCC(C)(C)NC(=O)Cn1cc(C2(O)CCOCC2)nn1. The molecule has 0 radical (unpaired) electrons. The number of amides is 1. The largest absolute Gasteiger partial charge is 0.385 e. The van der Waals surface area contributed by atoms with Crippen molar-refractivity contribution >= 4 is 5.91 Å². The van der Waals surface area contributed by atoms with Crippen LogP contribution in [0.25, 0.3) is 0 Å². The second-order valence-corrected chi connectivity index (χ2v) is 6.62. The van der Waals surface area contributed by atoms with Crippen molar-refractivity contribution in [2.24, 2.45) is 0 Å². The Morgan fingerprint density at radius 3 is 2.87 bits per heavy atom. The molecule has 0 spiro atoms. The lowest BCUT2D eigenvalue weighted by atomic mass is 9.91. The van der Waals surface area contributed by atoms with E-state index in [0.29, 0.717) is 38.4 Å². The average Bonchev–Trinajstić information content (AvgIpc) is 2.94. The van der Waals surface area contributed by atoms with Crippen molar-refractivity contribution in [3.8, 4) is 0 Å². The van der Waals surface area contributed by atoms with Gasteiger partial charge >= 0.3 is 0 Å². The van der Waals surface area contributed by atoms with Crippen LogP contribution in [0.4, 0.5) is 0 Å². The van der Waals surface area contributed by atoms with E-state index in [4.69, 9.17) is 9.47 Å². The number of aromatic nitrogens is 3. The molecule has 0 bridgehead atoms. The summed E-state index contributed by atoms with van der Waals surface area (Å²) in [7, 11) is 1.63. The molecule has 1 saturated heterocycles. The van der Waals surface area contributed by atoms with Crippen LogP contribution in [0.3, 0.4) is 0 Å². The maximum atomic E-state index is 12.1. The van der Waals surface area contributed by atoms with E-state index < -0.39 is 5.60 Å². The van der Waals surface area contributed by atoms with E-state index >= 15 is 0 Å². The van der Waals surface area contributed by atoms with Gasteiger partial charge in [0.25, 0.3) is 0 Å². The molecular formula is C15H26N4O4. The molecule has 2 rings (SSSR count). The minimum Gasteiger partial charge on any atom is -0.385 e. The van der Waals surface area contributed by atoms with Gasteiger partial charge in [-0.25, -0.2) is 4.68 Å². The smallest absolute Gasteiger partial charge is 0.242 e. The molecule has 8 nitrogen and oxygen atoms in total. The fourth-order valence-corrected chi connectivity index (χ4v) is 2.54. The van der Waals surface area contributed by atoms with Crippen molar-refractivity contribution in [2.45, 2.75) is 50.8 Å². The van der Waals surface area contributed by atoms with Gasteiger partial charge in [0, 0.05) is 45.3 Å². The van der Waals surface area contributed by atoms with E-state index in [1.54, 1.807) is 13.3 Å². The number of nitrogens with one attached hydrogen (secondary N) is 1. The van der Waals surface area contributed by atoms with Gasteiger partial charge in [0.15, 0.2) is 0 Å². The lowest BCUT2D eigenvalue weighted by Crippen LogP contribution is -2.45. The van der Waals surface area contributed by atoms with E-state index in [0.717, 1.165) is 6.42 Å². The number of carbonyl (C=O) groups is 1. The second kappa shape index (κ2) is 7.37. The minimum absolute atomic E-state index is 0.0655. The standard InChI is InChI=1S/C15H26N4O4/c1-14(2,4-7-22-3)16-13(20)11-19-10-12(17-18-19)15(21)5-8-23-9-6-15/h10,21H,4-9,11H2,1-3H3,(H,16,20). The summed E-state index contributed by atoms with van der Waals surface area (Å²) in [5, 5.41) is 21.5. The number of rotatable bonds is 7. The van der Waals surface area contributed by atoms with Crippen LogP contribution in [0.2, 0.25) is 0 Å². The molecule has 1 aliphatic rings. The fraction of sp³-hybridized carbons (Fsp3) is 0.800. The van der Waals surface area contributed by atoms with Crippen LogP contribution in [0.15, 0.2) is 6.20 Å². The van der Waals surface area contributed by atoms with Crippen LogP contribution in [0, 0.1) is 0 Å². The summed E-state index contributed by atoms with van der Waals surface area (Å²) < 4.78 is 11.7. The Kier molecular flexibility index (Phi) is 5.72. The lowest BCUT2D eigenvalue weighted by molar-refractivity contribution is -0.123. The molecule has 0 aliphatic carbocycles. The fourth-order valence-electron chi connectivity index (χ4n) is 2.54. The van der Waals surface area contributed by atoms with Gasteiger partial charge < -0.3 is 19.9 Å². The predicted molar refractivity (Wildman–Crippen MR) is 82.7 cm³/mol. The van der Waals surface area contributed by atoms with Gasteiger partial charge in [0.05, 0.1) is 6.20 Å². The Bertz CT molecular complexity index is 523. The van der Waals surface area contributed by atoms with Gasteiger partial charge in [-0.2, -0.15) is 0 Å². The van der Waals surface area contributed by atoms with Crippen molar-refractivity contribution in [1.29, 1.82) is 0 Å². The Morgan fingerprint density at radius 2 is 2.22 bits per heavy atom. The molecule has 0 aromatic carbocycles. The molecule has 0 unspecified atom stereocenters. The highest BCUT2D eigenvalue weighted by molar-refractivity contribution is 5.76. The first-order chi connectivity index (χ1) is 10.8. The summed E-state index contributed by atoms with van der Waals surface area (Å²) in [4.78, 5) is 12.1. The molecule has 1 fully saturated rings. The number of ether oxygens (including phenoxy) is 2. The summed E-state index contributed by atoms with van der Waals surface area (Å²) in [6.45, 7) is 5.53. The van der Waals surface area contributed by atoms with Crippen LogP contribution in [0.5, 0.6) is 0 Å². The number of hydrogen-bond acceptors (Lipinski definition) is 6. The highest BCUT2D eigenvalue weighted by atomic mass is 16.5. The molecule has 1 aromatic rings. The Hall–Kier alpha value is -1.51. The highest BCUT2D eigenvalue weighted by Gasteiger charge is 2.34. The highest BCUT2D eigenvalue weighted by Crippen LogP contribution is 2.29. The third kappa shape index (κ3) is 4.98. The van der Waals surface area contributed by atoms with Crippen LogP contribution in [-0.4, -0.2) is 58.5 Å². The number of aliphatic hydroxyl groups is 1. The Morgan fingerprint density at radius 1 is 1.52 bits per heavy atom. The molecule has 130 valence electrons. The van der Waals surface area contributed by atoms with Crippen molar-refractivity contribution < 1.29 is 19.4 Å². The van der Waals surface area contributed by atoms with Gasteiger partial charge in [-0.3, -0.25) is 4.79 Å². The van der Waals surface area contributed by atoms with E-state index in [-0.39, 0.29) is 18.0 Å². The molecule has 1 aromatic heterocycles. The quantitative estimate of drug-likeness (QED) is 0.743. The molecule has 2 heterocycles. The van der Waals surface area contributed by atoms with Gasteiger partial charge in [-0.05, 0) is 20.3 Å². The normalized spacial score (nSPS) is 17.9. The monoisotopic (exact) mass is 326 g/mol. The zero-order chi connectivity index (χ0) is 16.9. The third-order valence-electron chi connectivity index (χ3n) is 4.05. The molecule has 8 heteroatoms. The molecule has 2 N–H and O–H groups in total. The first kappa shape index (κ1) is 17.8. The van der Waals surface area contributed by atoms with E-state index in [1.807, 2.05) is 13.8 Å². The van der Waals surface area contributed by atoms with Crippen molar-refractivity contribution in [1.82, 2.24) is 20.3 Å². The number of carbonyl (C=O) groups excluding carboxylic acids is 1. The van der Waals surface area contributed by atoms with Crippen molar-refractivity contribution in [2.75, 3.05) is 26.9 Å². The molecule has 0 saturated carbocycles. The first-order valence-corrected chi connectivity index (χ1v) is 7.85. The summed E-state index contributed by atoms with van der Waals surface area (Å²) in [6, 6.07) is 0. The number of nitrogens with zero attached hydrogens (tertiary/aromatic N) is 3. The second-order valence-electron chi connectivity index (χ2n) is 6.62. The van der Waals surface area contributed by atoms with Gasteiger partial charge in [0.1, 0.15) is 17.8 Å². The lowest BCUT2D eigenvalue weighted by Gasteiger charge is -2.29. The Labute approximate surface area is 136 Å². The zero-order valence-electron chi connectivity index (χ0n) is 14.0. The molecule has 0 atom stereocenters. The molecule has 23 heavy (non-hydrogen) atoms. The van der Waals surface area contributed by atoms with Crippen molar-refractivity contribution in [3.05, 3.63) is 11.9 Å². The van der Waals surface area contributed by atoms with Gasteiger partial charge in [0.2, 0.25) is 5.91 Å². The van der Waals surface area contributed by atoms with E-state index in [9.17, 15) is 9.90 Å². The van der Waals surface area contributed by atoms with E-state index in [2.05, 4.69) is 15.6 Å². The van der Waals surface area contributed by atoms with E-state index in [1.165, 1.54) is 4.68 Å². The molecule has 1 aliphatic heterocycles. The molecule has 1 amide bonds. The summed E-state index contributed by atoms with van der Waals surface area (Å²) in [5.41, 5.74) is -0.868. The van der Waals surface area contributed by atoms with Crippen molar-refractivity contribution in [3.63, 3.8) is 0 Å². The van der Waals surface area contributed by atoms with Crippen LogP contribution in [0.1, 0.15) is 38.8 Å². The summed E-state index contributed by atoms with van der Waals surface area (Å²) in [5.74, 6) is -0.151. The van der Waals surface area contributed by atoms with Gasteiger partial charge in [-0.1, -0.05) is 5.21 Å². The summed E-state index contributed by atoms with van der Waals surface area (Å²) >= 11 is 0. The average molecular weight is 326 g/mol. The molecular weight excluding hydrogens is 300 g/mol. The Balaban J connectivity index is 1.92. The zero-order valence-corrected chi connectivity index (χ0v) is 14.0.